The van der Waals surface area contributed by atoms with Crippen LogP contribution in [0.1, 0.15) is 52.6 Å². The third-order valence-electron chi connectivity index (χ3n) is 4.46. The van der Waals surface area contributed by atoms with E-state index in [4.69, 9.17) is 0 Å². The van der Waals surface area contributed by atoms with E-state index in [0.29, 0.717) is 17.9 Å². The first-order valence-corrected chi connectivity index (χ1v) is 8.56. The van der Waals surface area contributed by atoms with Crippen LogP contribution in [0.2, 0.25) is 0 Å². The normalized spacial score (nSPS) is 17.4. The van der Waals surface area contributed by atoms with Crippen molar-refractivity contribution in [2.45, 2.75) is 39.2 Å². The van der Waals surface area contributed by atoms with Gasteiger partial charge in [0, 0.05) is 12.1 Å². The van der Waals surface area contributed by atoms with Crippen molar-refractivity contribution in [2.75, 3.05) is 13.1 Å². The lowest BCUT2D eigenvalue weighted by Gasteiger charge is -2.34. The number of aryl methyl sites for hydroxylation is 2. The quantitative estimate of drug-likeness (QED) is 0.889. The number of hydrogen-bond donors (Lipinski definition) is 2. The van der Waals surface area contributed by atoms with Crippen LogP contribution in [-0.2, 0) is 4.79 Å². The summed E-state index contributed by atoms with van der Waals surface area (Å²) in [6, 6.07) is 5.56. The van der Waals surface area contributed by atoms with Crippen molar-refractivity contribution in [3.63, 3.8) is 0 Å². The van der Waals surface area contributed by atoms with Crippen LogP contribution >= 0.6 is 0 Å². The van der Waals surface area contributed by atoms with Gasteiger partial charge in [-0.15, -0.1) is 0 Å². The zero-order valence-corrected chi connectivity index (χ0v) is 14.6. The summed E-state index contributed by atoms with van der Waals surface area (Å²) in [4.78, 5) is 30.9. The number of carbonyl (C=O) groups is 2. The van der Waals surface area contributed by atoms with Gasteiger partial charge in [-0.3, -0.25) is 14.7 Å². The Morgan fingerprint density at radius 2 is 2.00 bits per heavy atom. The summed E-state index contributed by atoms with van der Waals surface area (Å²) >= 11 is 0. The number of nitrogens with zero attached hydrogens (tertiary/aromatic N) is 3. The molecule has 1 atom stereocenters. The van der Waals surface area contributed by atoms with Gasteiger partial charge >= 0.3 is 0 Å². The average molecular weight is 341 g/mol. The van der Waals surface area contributed by atoms with Crippen LogP contribution < -0.4 is 5.32 Å². The minimum Gasteiger partial charge on any atom is -0.343 e. The Balaban J connectivity index is 1.63. The van der Waals surface area contributed by atoms with E-state index in [2.05, 4.69) is 20.5 Å². The lowest BCUT2D eigenvalue weighted by molar-refractivity contribution is -0.134. The van der Waals surface area contributed by atoms with Gasteiger partial charge in [0.05, 0.1) is 12.6 Å². The molecule has 2 N–H and O–H groups in total. The van der Waals surface area contributed by atoms with E-state index >= 15 is 0 Å². The molecule has 1 saturated heterocycles. The van der Waals surface area contributed by atoms with Gasteiger partial charge in [0.25, 0.3) is 5.91 Å². The van der Waals surface area contributed by atoms with Crippen molar-refractivity contribution in [1.29, 1.82) is 0 Å². The number of piperidine rings is 1. The van der Waals surface area contributed by atoms with Crippen molar-refractivity contribution in [3.8, 4) is 0 Å². The zero-order chi connectivity index (χ0) is 17.8. The SMILES string of the molecule is Cc1cc(C)cc(C(=O)NCC(=O)N2CCCC[C@H]2c2ncn[nH]2)c1. The lowest BCUT2D eigenvalue weighted by Crippen LogP contribution is -2.44. The summed E-state index contributed by atoms with van der Waals surface area (Å²) in [6.45, 7) is 4.55. The minimum atomic E-state index is -0.228. The van der Waals surface area contributed by atoms with Crippen molar-refractivity contribution in [1.82, 2.24) is 25.4 Å². The van der Waals surface area contributed by atoms with Gasteiger partial charge in [0.15, 0.2) is 0 Å². The highest BCUT2D eigenvalue weighted by atomic mass is 16.2. The molecule has 1 fully saturated rings. The number of hydrogen-bond acceptors (Lipinski definition) is 4. The molecular weight excluding hydrogens is 318 g/mol. The number of rotatable bonds is 4. The van der Waals surface area contributed by atoms with Crippen LogP contribution in [0.15, 0.2) is 24.5 Å². The fourth-order valence-corrected chi connectivity index (χ4v) is 3.36. The number of amides is 2. The minimum absolute atomic E-state index is 0.0174. The molecule has 132 valence electrons. The molecule has 0 aliphatic carbocycles. The van der Waals surface area contributed by atoms with Crippen molar-refractivity contribution < 1.29 is 9.59 Å². The van der Waals surface area contributed by atoms with Crippen LogP contribution in [0, 0.1) is 13.8 Å². The second-order valence-corrected chi connectivity index (χ2v) is 6.53. The summed E-state index contributed by atoms with van der Waals surface area (Å²) in [5, 5.41) is 9.47. The molecule has 7 nitrogen and oxygen atoms in total. The first-order valence-electron chi connectivity index (χ1n) is 8.56. The van der Waals surface area contributed by atoms with Gasteiger partial charge in [0.2, 0.25) is 5.91 Å². The number of aromatic amines is 1. The highest BCUT2D eigenvalue weighted by Gasteiger charge is 2.29. The van der Waals surface area contributed by atoms with Gasteiger partial charge < -0.3 is 10.2 Å². The number of benzene rings is 1. The Morgan fingerprint density at radius 1 is 1.24 bits per heavy atom. The maximum Gasteiger partial charge on any atom is 0.251 e. The molecule has 1 aliphatic heterocycles. The molecule has 0 saturated carbocycles. The standard InChI is InChI=1S/C18H23N5O2/c1-12-7-13(2)9-14(8-12)18(25)19-10-16(24)23-6-4-3-5-15(23)17-20-11-21-22-17/h7-9,11,15H,3-6,10H2,1-2H3,(H,19,25)(H,20,21,22)/t15-/m0/s1. The van der Waals surface area contributed by atoms with E-state index in [0.717, 1.165) is 30.4 Å². The molecule has 7 heteroatoms. The summed E-state index contributed by atoms with van der Waals surface area (Å²) in [6.07, 6.45) is 4.31. The summed E-state index contributed by atoms with van der Waals surface area (Å²) in [7, 11) is 0. The predicted octanol–water partition coefficient (Wildman–Crippen LogP) is 1.91. The molecule has 0 bridgehead atoms. The van der Waals surface area contributed by atoms with E-state index in [1.54, 1.807) is 4.90 Å². The molecule has 2 aromatic rings. The molecule has 2 amide bonds. The van der Waals surface area contributed by atoms with Crippen LogP contribution in [0.5, 0.6) is 0 Å². The number of carbonyl (C=O) groups excluding carboxylic acids is 2. The average Bonchev–Trinajstić information content (AvgIpc) is 3.13. The molecular formula is C18H23N5O2. The van der Waals surface area contributed by atoms with E-state index in [1.165, 1.54) is 6.33 Å². The second-order valence-electron chi connectivity index (χ2n) is 6.53. The Kier molecular flexibility index (Phi) is 5.11. The Hall–Kier alpha value is -2.70. The largest absolute Gasteiger partial charge is 0.343 e. The van der Waals surface area contributed by atoms with Gasteiger partial charge in [0.1, 0.15) is 12.2 Å². The molecule has 1 aliphatic rings. The summed E-state index contributed by atoms with van der Waals surface area (Å²) in [5.41, 5.74) is 2.63. The first-order chi connectivity index (χ1) is 12.0. The molecule has 1 aromatic heterocycles. The van der Waals surface area contributed by atoms with Crippen LogP contribution in [0.25, 0.3) is 0 Å². The molecule has 0 unspecified atom stereocenters. The maximum atomic E-state index is 12.6. The van der Waals surface area contributed by atoms with E-state index in [1.807, 2.05) is 32.0 Å². The number of nitrogens with one attached hydrogen (secondary N) is 2. The molecule has 0 radical (unpaired) electrons. The van der Waals surface area contributed by atoms with E-state index in [9.17, 15) is 9.59 Å². The summed E-state index contributed by atoms with van der Waals surface area (Å²) < 4.78 is 0. The third kappa shape index (κ3) is 4.04. The molecule has 0 spiro atoms. The highest BCUT2D eigenvalue weighted by molar-refractivity contribution is 5.96. The monoisotopic (exact) mass is 341 g/mol. The van der Waals surface area contributed by atoms with Gasteiger partial charge in [-0.2, -0.15) is 5.10 Å². The molecule has 2 heterocycles. The van der Waals surface area contributed by atoms with Crippen LogP contribution in [0.4, 0.5) is 0 Å². The first kappa shape index (κ1) is 17.1. The highest BCUT2D eigenvalue weighted by Crippen LogP contribution is 2.28. The van der Waals surface area contributed by atoms with Gasteiger partial charge in [-0.05, 0) is 45.2 Å². The predicted molar refractivity (Wildman–Crippen MR) is 92.9 cm³/mol. The van der Waals surface area contributed by atoms with Crippen LogP contribution in [-0.4, -0.2) is 45.0 Å². The molecule has 1 aromatic carbocycles. The fraction of sp³-hybridized carbons (Fsp3) is 0.444. The van der Waals surface area contributed by atoms with Crippen molar-refractivity contribution in [2.24, 2.45) is 0 Å². The molecule has 25 heavy (non-hydrogen) atoms. The topological polar surface area (TPSA) is 91.0 Å². The smallest absolute Gasteiger partial charge is 0.251 e. The summed E-state index contributed by atoms with van der Waals surface area (Å²) in [5.74, 6) is 0.376. The number of H-pyrrole nitrogens is 1. The second kappa shape index (κ2) is 7.46. The Labute approximate surface area is 146 Å². The lowest BCUT2D eigenvalue weighted by atomic mass is 10.0. The maximum absolute atomic E-state index is 12.6. The number of aromatic nitrogens is 3. The van der Waals surface area contributed by atoms with E-state index in [-0.39, 0.29) is 24.4 Å². The Morgan fingerprint density at radius 3 is 2.68 bits per heavy atom. The molecule has 3 rings (SSSR count). The Bertz CT molecular complexity index is 737. The number of likely N-dealkylation sites (tertiary alicyclic amines) is 1. The third-order valence-corrected chi connectivity index (χ3v) is 4.46. The van der Waals surface area contributed by atoms with Crippen molar-refractivity contribution in [3.05, 3.63) is 47.0 Å². The zero-order valence-electron chi connectivity index (χ0n) is 14.6. The van der Waals surface area contributed by atoms with Crippen LogP contribution in [0.3, 0.4) is 0 Å². The van der Waals surface area contributed by atoms with E-state index < -0.39 is 0 Å². The van der Waals surface area contributed by atoms with Gasteiger partial charge in [-0.1, -0.05) is 17.2 Å². The van der Waals surface area contributed by atoms with Gasteiger partial charge in [-0.25, -0.2) is 4.98 Å². The fourth-order valence-electron chi connectivity index (χ4n) is 3.36. The van der Waals surface area contributed by atoms with Crippen molar-refractivity contribution >= 4 is 11.8 Å².